The van der Waals surface area contributed by atoms with Crippen LogP contribution in [-0.4, -0.2) is 62.9 Å². The van der Waals surface area contributed by atoms with E-state index in [1.807, 2.05) is 14.0 Å². The van der Waals surface area contributed by atoms with Gasteiger partial charge in [0, 0.05) is 25.7 Å². The van der Waals surface area contributed by atoms with Gasteiger partial charge in [-0.15, -0.1) is 0 Å². The molecular formula is C13H26N2O3. The van der Waals surface area contributed by atoms with Crippen LogP contribution in [0.15, 0.2) is 0 Å². The number of nitrogens with one attached hydrogen (secondary N) is 1. The highest BCUT2D eigenvalue weighted by Crippen LogP contribution is 2.24. The fraction of sp³-hybridized carbons (Fsp3) is 0.923. The Labute approximate surface area is 110 Å². The molecule has 18 heavy (non-hydrogen) atoms. The maximum atomic E-state index is 12.0. The van der Waals surface area contributed by atoms with E-state index < -0.39 is 5.54 Å². The van der Waals surface area contributed by atoms with E-state index in [2.05, 4.69) is 17.1 Å². The van der Waals surface area contributed by atoms with Crippen LogP contribution in [0.4, 0.5) is 0 Å². The Hall–Kier alpha value is -0.650. The molecular weight excluding hydrogens is 232 g/mol. The van der Waals surface area contributed by atoms with Gasteiger partial charge in [-0.05, 0) is 33.7 Å². The van der Waals surface area contributed by atoms with E-state index in [0.717, 1.165) is 12.8 Å². The van der Waals surface area contributed by atoms with Gasteiger partial charge in [0.15, 0.2) is 0 Å². The lowest BCUT2D eigenvalue weighted by atomic mass is 10.0. The zero-order chi connectivity index (χ0) is 13.8. The predicted molar refractivity (Wildman–Crippen MR) is 70.5 cm³/mol. The van der Waals surface area contributed by atoms with Crippen LogP contribution in [0.1, 0.15) is 26.7 Å². The highest BCUT2D eigenvalue weighted by Gasteiger charge is 2.40. The number of methoxy groups -OCH3 is 2. The van der Waals surface area contributed by atoms with Crippen molar-refractivity contribution in [1.82, 2.24) is 10.2 Å². The van der Waals surface area contributed by atoms with E-state index in [-0.39, 0.29) is 12.0 Å². The van der Waals surface area contributed by atoms with Gasteiger partial charge in [-0.1, -0.05) is 0 Å². The highest BCUT2D eigenvalue weighted by molar-refractivity contribution is 5.80. The summed E-state index contributed by atoms with van der Waals surface area (Å²) in [6.07, 6.45) is 2.29. The molecule has 5 nitrogen and oxygen atoms in total. The second kappa shape index (κ2) is 6.50. The quantitative estimate of drug-likeness (QED) is 0.647. The van der Waals surface area contributed by atoms with Crippen molar-refractivity contribution < 1.29 is 14.3 Å². The average Bonchev–Trinajstić information content (AvgIpc) is 3.11. The lowest BCUT2D eigenvalue weighted by Gasteiger charge is -2.35. The summed E-state index contributed by atoms with van der Waals surface area (Å²) in [5.41, 5.74) is -0.646. The maximum Gasteiger partial charge on any atom is 0.327 e. The first-order chi connectivity index (χ1) is 8.42. The SMILES string of the molecule is COCC(C)N(C)CC(C)(NC1CC1)C(=O)OC. The monoisotopic (exact) mass is 258 g/mol. The summed E-state index contributed by atoms with van der Waals surface area (Å²) in [5.74, 6) is -0.203. The minimum Gasteiger partial charge on any atom is -0.468 e. The van der Waals surface area contributed by atoms with E-state index in [4.69, 9.17) is 9.47 Å². The van der Waals surface area contributed by atoms with E-state index >= 15 is 0 Å². The Morgan fingerprint density at radius 2 is 2.11 bits per heavy atom. The van der Waals surface area contributed by atoms with Crippen LogP contribution >= 0.6 is 0 Å². The normalized spacial score (nSPS) is 20.6. The van der Waals surface area contributed by atoms with E-state index in [1.165, 1.54) is 7.11 Å². The first-order valence-electron chi connectivity index (χ1n) is 6.48. The molecule has 1 saturated carbocycles. The molecule has 106 valence electrons. The van der Waals surface area contributed by atoms with Crippen molar-refractivity contribution in [3.8, 4) is 0 Å². The molecule has 1 rings (SSSR count). The third-order valence-corrected chi connectivity index (χ3v) is 3.46. The topological polar surface area (TPSA) is 50.8 Å². The molecule has 5 heteroatoms. The van der Waals surface area contributed by atoms with Crippen LogP contribution in [0, 0.1) is 0 Å². The molecule has 1 N–H and O–H groups in total. The Kier molecular flexibility index (Phi) is 5.56. The Morgan fingerprint density at radius 1 is 1.50 bits per heavy atom. The molecule has 1 aliphatic carbocycles. The fourth-order valence-electron chi connectivity index (χ4n) is 2.10. The van der Waals surface area contributed by atoms with E-state index in [1.54, 1.807) is 7.11 Å². The summed E-state index contributed by atoms with van der Waals surface area (Å²) < 4.78 is 10.1. The van der Waals surface area contributed by atoms with E-state index in [9.17, 15) is 4.79 Å². The van der Waals surface area contributed by atoms with Crippen LogP contribution in [0.25, 0.3) is 0 Å². The van der Waals surface area contributed by atoms with Gasteiger partial charge in [0.2, 0.25) is 0 Å². The van der Waals surface area contributed by atoms with Crippen molar-refractivity contribution in [2.45, 2.75) is 44.3 Å². The number of carbonyl (C=O) groups excluding carboxylic acids is 1. The first kappa shape index (κ1) is 15.4. The van der Waals surface area contributed by atoms with Crippen molar-refractivity contribution in [3.05, 3.63) is 0 Å². The highest BCUT2D eigenvalue weighted by atomic mass is 16.5. The van der Waals surface area contributed by atoms with E-state index in [0.29, 0.717) is 19.2 Å². The van der Waals surface area contributed by atoms with Crippen molar-refractivity contribution in [2.75, 3.05) is 34.4 Å². The molecule has 0 amide bonds. The van der Waals surface area contributed by atoms with Crippen molar-refractivity contribution in [3.63, 3.8) is 0 Å². The van der Waals surface area contributed by atoms with Gasteiger partial charge >= 0.3 is 5.97 Å². The lowest BCUT2D eigenvalue weighted by Crippen LogP contribution is -2.59. The standard InChI is InChI=1S/C13H26N2O3/c1-10(8-17-4)15(3)9-13(2,12(16)18-5)14-11-6-7-11/h10-11,14H,6-9H2,1-5H3. The van der Waals surface area contributed by atoms with Crippen LogP contribution < -0.4 is 5.32 Å². The Balaban J connectivity index is 2.61. The molecule has 0 spiro atoms. The number of rotatable bonds is 8. The number of nitrogens with zero attached hydrogens (tertiary/aromatic N) is 1. The third-order valence-electron chi connectivity index (χ3n) is 3.46. The van der Waals surface area contributed by atoms with Gasteiger partial charge in [0.25, 0.3) is 0 Å². The fourth-order valence-corrected chi connectivity index (χ4v) is 2.10. The number of ether oxygens (including phenoxy) is 2. The molecule has 0 radical (unpaired) electrons. The largest absolute Gasteiger partial charge is 0.468 e. The van der Waals surface area contributed by atoms with Gasteiger partial charge in [0.1, 0.15) is 5.54 Å². The number of hydrogen-bond acceptors (Lipinski definition) is 5. The minimum absolute atomic E-state index is 0.203. The van der Waals surface area contributed by atoms with Crippen molar-refractivity contribution >= 4 is 5.97 Å². The van der Waals surface area contributed by atoms with Gasteiger partial charge < -0.3 is 9.47 Å². The molecule has 1 aliphatic rings. The third kappa shape index (κ3) is 4.23. The Bertz CT molecular complexity index is 281. The second-order valence-corrected chi connectivity index (χ2v) is 5.46. The predicted octanol–water partition coefficient (Wildman–Crippen LogP) is 0.637. The van der Waals surface area contributed by atoms with Crippen LogP contribution in [0.2, 0.25) is 0 Å². The minimum atomic E-state index is -0.646. The molecule has 0 aromatic carbocycles. The number of esters is 1. The molecule has 0 heterocycles. The van der Waals surface area contributed by atoms with Crippen LogP contribution in [-0.2, 0) is 14.3 Å². The molecule has 1 fully saturated rings. The zero-order valence-electron chi connectivity index (χ0n) is 12.2. The van der Waals surface area contributed by atoms with Crippen molar-refractivity contribution in [2.24, 2.45) is 0 Å². The van der Waals surface area contributed by atoms with Gasteiger partial charge in [0.05, 0.1) is 13.7 Å². The molecule has 0 aliphatic heterocycles. The summed E-state index contributed by atoms with van der Waals surface area (Å²) in [5, 5.41) is 3.39. The number of hydrogen-bond donors (Lipinski definition) is 1. The molecule has 2 unspecified atom stereocenters. The smallest absolute Gasteiger partial charge is 0.327 e. The number of likely N-dealkylation sites (N-methyl/N-ethyl adjacent to an activating group) is 1. The van der Waals surface area contributed by atoms with Gasteiger partial charge in [-0.25, -0.2) is 0 Å². The molecule has 0 aromatic heterocycles. The van der Waals surface area contributed by atoms with Gasteiger partial charge in [-0.2, -0.15) is 0 Å². The zero-order valence-corrected chi connectivity index (χ0v) is 12.2. The summed E-state index contributed by atoms with van der Waals surface area (Å²) >= 11 is 0. The van der Waals surface area contributed by atoms with Gasteiger partial charge in [-0.3, -0.25) is 15.0 Å². The van der Waals surface area contributed by atoms with Crippen molar-refractivity contribution in [1.29, 1.82) is 0 Å². The molecule has 0 aromatic rings. The van der Waals surface area contributed by atoms with Crippen LogP contribution in [0.5, 0.6) is 0 Å². The maximum absolute atomic E-state index is 12.0. The summed E-state index contributed by atoms with van der Waals surface area (Å²) in [6, 6.07) is 0.722. The first-order valence-corrected chi connectivity index (χ1v) is 6.48. The summed E-state index contributed by atoms with van der Waals surface area (Å²) in [4.78, 5) is 14.1. The summed E-state index contributed by atoms with van der Waals surface area (Å²) in [6.45, 7) is 5.25. The van der Waals surface area contributed by atoms with Crippen LogP contribution in [0.3, 0.4) is 0 Å². The molecule has 2 atom stereocenters. The summed E-state index contributed by atoms with van der Waals surface area (Å²) in [7, 11) is 5.12. The molecule has 0 saturated heterocycles. The molecule has 0 bridgehead atoms. The number of carbonyl (C=O) groups is 1. The second-order valence-electron chi connectivity index (χ2n) is 5.46. The lowest BCUT2D eigenvalue weighted by molar-refractivity contribution is -0.149. The Morgan fingerprint density at radius 3 is 2.56 bits per heavy atom. The average molecular weight is 258 g/mol.